The summed E-state index contributed by atoms with van der Waals surface area (Å²) < 4.78 is 6.12. The molecule has 2 aromatic carbocycles. The van der Waals surface area contributed by atoms with E-state index < -0.39 is 6.10 Å². The zero-order chi connectivity index (χ0) is 23.4. The van der Waals surface area contributed by atoms with Crippen molar-refractivity contribution in [1.82, 2.24) is 10.2 Å². The maximum absolute atomic E-state index is 13.1. The highest BCUT2D eigenvalue weighted by molar-refractivity contribution is 5.81. The average Bonchev–Trinajstić information content (AvgIpc) is 2.76. The number of fused-ring (bicyclic) bond motifs is 1. The molecule has 32 heavy (non-hydrogen) atoms. The monoisotopic (exact) mass is 436 g/mol. The molecular formula is C27H36N2O3. The van der Waals surface area contributed by atoms with Crippen LogP contribution >= 0.6 is 0 Å². The van der Waals surface area contributed by atoms with E-state index in [2.05, 4.69) is 42.6 Å². The van der Waals surface area contributed by atoms with E-state index in [1.54, 1.807) is 0 Å². The van der Waals surface area contributed by atoms with Crippen LogP contribution in [0.4, 0.5) is 0 Å². The Kier molecular flexibility index (Phi) is 7.60. The third-order valence-corrected chi connectivity index (χ3v) is 5.89. The number of amides is 2. The van der Waals surface area contributed by atoms with Crippen LogP contribution in [0.5, 0.6) is 5.75 Å². The van der Waals surface area contributed by atoms with Crippen molar-refractivity contribution in [3.05, 3.63) is 64.7 Å². The highest BCUT2D eigenvalue weighted by Crippen LogP contribution is 2.38. The van der Waals surface area contributed by atoms with E-state index in [0.29, 0.717) is 18.7 Å². The van der Waals surface area contributed by atoms with Crippen molar-refractivity contribution >= 4 is 11.8 Å². The fourth-order valence-corrected chi connectivity index (χ4v) is 4.21. The number of hydrogen-bond acceptors (Lipinski definition) is 3. The second kappa shape index (κ2) is 10.2. The summed E-state index contributed by atoms with van der Waals surface area (Å²) in [4.78, 5) is 27.6. The normalized spacial score (nSPS) is 16.6. The maximum atomic E-state index is 13.1. The number of carbonyl (C=O) groups excluding carboxylic acids is 2. The van der Waals surface area contributed by atoms with Crippen LogP contribution in [-0.2, 0) is 16.0 Å². The van der Waals surface area contributed by atoms with E-state index in [-0.39, 0.29) is 29.8 Å². The summed E-state index contributed by atoms with van der Waals surface area (Å²) >= 11 is 0. The lowest BCUT2D eigenvalue weighted by atomic mass is 9.87. The Morgan fingerprint density at radius 2 is 1.78 bits per heavy atom. The van der Waals surface area contributed by atoms with Crippen LogP contribution in [0.3, 0.4) is 0 Å². The summed E-state index contributed by atoms with van der Waals surface area (Å²) in [5.41, 5.74) is 4.57. The Labute approximate surface area is 192 Å². The van der Waals surface area contributed by atoms with Gasteiger partial charge in [0.25, 0.3) is 5.91 Å². The zero-order valence-corrected chi connectivity index (χ0v) is 20.1. The number of nitrogens with zero attached hydrogens (tertiary/aromatic N) is 1. The molecule has 0 saturated carbocycles. The van der Waals surface area contributed by atoms with Crippen molar-refractivity contribution in [2.24, 2.45) is 5.92 Å². The van der Waals surface area contributed by atoms with Gasteiger partial charge in [-0.05, 0) is 62.4 Å². The average molecular weight is 437 g/mol. The molecule has 1 N–H and O–H groups in total. The fourth-order valence-electron chi connectivity index (χ4n) is 4.21. The van der Waals surface area contributed by atoms with Crippen LogP contribution in [0, 0.1) is 12.8 Å². The predicted octanol–water partition coefficient (Wildman–Crippen LogP) is 4.81. The highest BCUT2D eigenvalue weighted by atomic mass is 16.5. The van der Waals surface area contributed by atoms with Gasteiger partial charge in [-0.15, -0.1) is 0 Å². The van der Waals surface area contributed by atoms with Gasteiger partial charge >= 0.3 is 0 Å². The molecule has 0 saturated heterocycles. The van der Waals surface area contributed by atoms with Gasteiger partial charge in [0.1, 0.15) is 5.75 Å². The Morgan fingerprint density at radius 3 is 2.38 bits per heavy atom. The summed E-state index contributed by atoms with van der Waals surface area (Å²) in [6, 6.07) is 14.3. The third-order valence-electron chi connectivity index (χ3n) is 5.89. The summed E-state index contributed by atoms with van der Waals surface area (Å²) in [6.45, 7) is 12.5. The molecule has 172 valence electrons. The quantitative estimate of drug-likeness (QED) is 0.678. The second-order valence-corrected chi connectivity index (χ2v) is 9.29. The van der Waals surface area contributed by atoms with Crippen LogP contribution < -0.4 is 10.1 Å². The van der Waals surface area contributed by atoms with Gasteiger partial charge in [0.2, 0.25) is 5.91 Å². The number of benzene rings is 2. The standard InChI is InChI=1S/C27H36N2O3/c1-7-24(26(30)28-18(4)5)32-22-13-12-20-14-15-29(27(31)17(2)3)25(23(20)16-22)21-10-8-19(6)9-11-21/h8-13,16-18,24-25H,7,14-15H2,1-6H3,(H,28,30)/t24-,25+/m1/s1. The molecule has 0 radical (unpaired) electrons. The van der Waals surface area contributed by atoms with Gasteiger partial charge in [0.15, 0.2) is 6.10 Å². The van der Waals surface area contributed by atoms with Gasteiger partial charge in [-0.3, -0.25) is 9.59 Å². The van der Waals surface area contributed by atoms with Gasteiger partial charge in [0.05, 0.1) is 6.04 Å². The SMILES string of the molecule is CC[C@@H](Oc1ccc2c(c1)[C@H](c1ccc(C)cc1)N(C(=O)C(C)C)CC2)C(=O)NC(C)C. The molecule has 0 aliphatic carbocycles. The molecule has 1 heterocycles. The Hall–Kier alpha value is -2.82. The lowest BCUT2D eigenvalue weighted by Gasteiger charge is -2.39. The van der Waals surface area contributed by atoms with E-state index in [4.69, 9.17) is 4.74 Å². The van der Waals surface area contributed by atoms with Gasteiger partial charge < -0.3 is 15.0 Å². The molecule has 0 spiro atoms. The van der Waals surface area contributed by atoms with E-state index in [1.807, 2.05) is 51.7 Å². The van der Waals surface area contributed by atoms with E-state index in [0.717, 1.165) is 17.5 Å². The first-order valence-electron chi connectivity index (χ1n) is 11.7. The summed E-state index contributed by atoms with van der Waals surface area (Å²) in [5.74, 6) is 0.626. The smallest absolute Gasteiger partial charge is 0.261 e. The molecule has 2 aromatic rings. The van der Waals surface area contributed by atoms with Crippen LogP contribution in [-0.4, -0.2) is 35.4 Å². The van der Waals surface area contributed by atoms with Gasteiger partial charge in [0, 0.05) is 18.5 Å². The molecule has 0 bridgehead atoms. The second-order valence-electron chi connectivity index (χ2n) is 9.29. The molecule has 5 heteroatoms. The molecule has 2 amide bonds. The van der Waals surface area contributed by atoms with Crippen molar-refractivity contribution in [2.75, 3.05) is 6.54 Å². The number of ether oxygens (including phenoxy) is 1. The molecular weight excluding hydrogens is 400 g/mol. The van der Waals surface area contributed by atoms with Crippen molar-refractivity contribution in [3.63, 3.8) is 0 Å². The summed E-state index contributed by atoms with van der Waals surface area (Å²) in [5, 5.41) is 2.93. The first-order valence-corrected chi connectivity index (χ1v) is 11.7. The van der Waals surface area contributed by atoms with Gasteiger partial charge in [-0.1, -0.05) is 56.7 Å². The summed E-state index contributed by atoms with van der Waals surface area (Å²) in [6.07, 6.45) is 0.835. The van der Waals surface area contributed by atoms with E-state index >= 15 is 0 Å². The Balaban J connectivity index is 1.99. The van der Waals surface area contributed by atoms with Crippen molar-refractivity contribution < 1.29 is 14.3 Å². The van der Waals surface area contributed by atoms with Gasteiger partial charge in [-0.2, -0.15) is 0 Å². The first-order chi connectivity index (χ1) is 15.2. The van der Waals surface area contributed by atoms with Crippen molar-refractivity contribution in [1.29, 1.82) is 0 Å². The van der Waals surface area contributed by atoms with Gasteiger partial charge in [-0.25, -0.2) is 0 Å². The van der Waals surface area contributed by atoms with Crippen LogP contribution in [0.15, 0.2) is 42.5 Å². The predicted molar refractivity (Wildman–Crippen MR) is 128 cm³/mol. The highest BCUT2D eigenvalue weighted by Gasteiger charge is 2.33. The van der Waals surface area contributed by atoms with E-state index in [1.165, 1.54) is 11.1 Å². The maximum Gasteiger partial charge on any atom is 0.261 e. The number of nitrogens with one attached hydrogen (secondary N) is 1. The Bertz CT molecular complexity index is 950. The Morgan fingerprint density at radius 1 is 1.09 bits per heavy atom. The van der Waals surface area contributed by atoms with Crippen molar-refractivity contribution in [2.45, 2.75) is 72.6 Å². The third kappa shape index (κ3) is 5.32. The fraction of sp³-hybridized carbons (Fsp3) is 0.481. The van der Waals surface area contributed by atoms with Crippen LogP contribution in [0.2, 0.25) is 0 Å². The topological polar surface area (TPSA) is 58.6 Å². The molecule has 3 rings (SSSR count). The molecule has 1 aliphatic rings. The molecule has 2 atom stereocenters. The summed E-state index contributed by atoms with van der Waals surface area (Å²) in [7, 11) is 0. The lowest BCUT2D eigenvalue weighted by Crippen LogP contribution is -2.43. The minimum atomic E-state index is -0.551. The molecule has 5 nitrogen and oxygen atoms in total. The largest absolute Gasteiger partial charge is 0.481 e. The number of hydrogen-bond donors (Lipinski definition) is 1. The molecule has 1 aliphatic heterocycles. The van der Waals surface area contributed by atoms with E-state index in [9.17, 15) is 9.59 Å². The molecule has 0 aromatic heterocycles. The number of rotatable bonds is 7. The zero-order valence-electron chi connectivity index (χ0n) is 20.1. The molecule has 0 fully saturated rings. The molecule has 0 unspecified atom stereocenters. The van der Waals surface area contributed by atoms with Crippen LogP contribution in [0.25, 0.3) is 0 Å². The lowest BCUT2D eigenvalue weighted by molar-refractivity contribution is -0.136. The minimum Gasteiger partial charge on any atom is -0.481 e. The van der Waals surface area contributed by atoms with Crippen molar-refractivity contribution in [3.8, 4) is 5.75 Å². The first kappa shape index (κ1) is 23.8. The number of carbonyl (C=O) groups is 2. The minimum absolute atomic E-state index is 0.0604. The van der Waals surface area contributed by atoms with Crippen LogP contribution in [0.1, 0.15) is 69.3 Å². The number of aryl methyl sites for hydroxylation is 1.